The Kier molecular flexibility index (Phi) is 3.91. The molecule has 5 nitrogen and oxygen atoms in total. The number of rotatable bonds is 4. The van der Waals surface area contributed by atoms with Crippen LogP contribution in [0.15, 0.2) is 42.5 Å². The van der Waals surface area contributed by atoms with Crippen LogP contribution in [0.2, 0.25) is 0 Å². The van der Waals surface area contributed by atoms with Crippen LogP contribution in [0.25, 0.3) is 0 Å². The van der Waals surface area contributed by atoms with Gasteiger partial charge < -0.3 is 5.32 Å². The summed E-state index contributed by atoms with van der Waals surface area (Å²) in [5, 5.41) is 22.5. The smallest absolute Gasteiger partial charge is 0.274 e. The first-order chi connectivity index (χ1) is 9.60. The van der Waals surface area contributed by atoms with E-state index < -0.39 is 10.7 Å². The van der Waals surface area contributed by atoms with Crippen LogP contribution in [0.5, 0.6) is 0 Å². The number of halogens is 1. The van der Waals surface area contributed by atoms with Crippen molar-refractivity contribution >= 4 is 11.4 Å². The van der Waals surface area contributed by atoms with Gasteiger partial charge in [0.2, 0.25) is 0 Å². The van der Waals surface area contributed by atoms with Crippen LogP contribution in [0.3, 0.4) is 0 Å². The first kappa shape index (κ1) is 13.5. The van der Waals surface area contributed by atoms with E-state index in [0.29, 0.717) is 11.3 Å². The molecule has 6 heteroatoms. The van der Waals surface area contributed by atoms with E-state index in [-0.39, 0.29) is 12.2 Å². The lowest BCUT2D eigenvalue weighted by Gasteiger charge is -2.08. The van der Waals surface area contributed by atoms with Crippen LogP contribution in [0.1, 0.15) is 11.1 Å². The normalized spacial score (nSPS) is 9.80. The highest BCUT2D eigenvalue weighted by Crippen LogP contribution is 2.21. The molecule has 0 heterocycles. The van der Waals surface area contributed by atoms with E-state index in [1.54, 1.807) is 24.3 Å². The van der Waals surface area contributed by atoms with Crippen LogP contribution in [0.4, 0.5) is 15.8 Å². The molecule has 0 fully saturated rings. The summed E-state index contributed by atoms with van der Waals surface area (Å²) in [6.45, 7) is 0.282. The lowest BCUT2D eigenvalue weighted by atomic mass is 10.1. The molecule has 0 saturated heterocycles. The molecule has 0 aliphatic carbocycles. The van der Waals surface area contributed by atoms with Gasteiger partial charge in [0.1, 0.15) is 5.82 Å². The molecule has 1 N–H and O–H groups in total. The molecular weight excluding hydrogens is 261 g/mol. The predicted octanol–water partition coefficient (Wildman–Crippen LogP) is 3.22. The molecule has 100 valence electrons. The lowest BCUT2D eigenvalue weighted by Crippen LogP contribution is -2.02. The van der Waals surface area contributed by atoms with Gasteiger partial charge in [0, 0.05) is 18.3 Å². The Morgan fingerprint density at radius 3 is 2.75 bits per heavy atom. The van der Waals surface area contributed by atoms with Gasteiger partial charge >= 0.3 is 0 Å². The number of nitro benzene ring substituents is 1. The van der Waals surface area contributed by atoms with Gasteiger partial charge in [-0.3, -0.25) is 10.1 Å². The Morgan fingerprint density at radius 1 is 1.30 bits per heavy atom. The Morgan fingerprint density at radius 2 is 2.05 bits per heavy atom. The molecule has 0 aromatic heterocycles. The topological polar surface area (TPSA) is 79.0 Å². The second-order valence-electron chi connectivity index (χ2n) is 4.08. The maximum Gasteiger partial charge on any atom is 0.274 e. The van der Waals surface area contributed by atoms with Crippen molar-refractivity contribution in [2.75, 3.05) is 5.32 Å². The first-order valence-corrected chi connectivity index (χ1v) is 5.77. The number of nitrogens with zero attached hydrogens (tertiary/aromatic N) is 2. The van der Waals surface area contributed by atoms with Crippen molar-refractivity contribution < 1.29 is 9.31 Å². The lowest BCUT2D eigenvalue weighted by molar-refractivity contribution is -0.385. The van der Waals surface area contributed by atoms with Crippen LogP contribution >= 0.6 is 0 Å². The van der Waals surface area contributed by atoms with Gasteiger partial charge in [-0.1, -0.05) is 18.2 Å². The molecule has 0 atom stereocenters. The molecule has 0 amide bonds. The Labute approximate surface area is 114 Å². The molecule has 0 aliphatic heterocycles. The molecule has 2 aromatic carbocycles. The Balaban J connectivity index is 2.19. The van der Waals surface area contributed by atoms with E-state index >= 15 is 0 Å². The quantitative estimate of drug-likeness (QED) is 0.684. The molecule has 0 aliphatic rings. The van der Waals surface area contributed by atoms with Crippen LogP contribution < -0.4 is 5.32 Å². The number of nitriles is 1. The molecule has 0 spiro atoms. The van der Waals surface area contributed by atoms with Crippen LogP contribution in [-0.2, 0) is 6.54 Å². The van der Waals surface area contributed by atoms with Gasteiger partial charge in [-0.25, -0.2) is 4.39 Å². The van der Waals surface area contributed by atoms with Crippen molar-refractivity contribution in [1.82, 2.24) is 0 Å². The monoisotopic (exact) mass is 271 g/mol. The second kappa shape index (κ2) is 5.80. The van der Waals surface area contributed by atoms with Gasteiger partial charge in [0.25, 0.3) is 5.69 Å². The highest BCUT2D eigenvalue weighted by Gasteiger charge is 2.10. The van der Waals surface area contributed by atoms with E-state index in [2.05, 4.69) is 11.4 Å². The first-order valence-electron chi connectivity index (χ1n) is 5.77. The SMILES string of the molecule is N#Cc1ccccc1CNc1cc(F)cc([N+](=O)[O-])c1. The number of benzene rings is 2. The molecule has 2 aromatic rings. The fraction of sp³-hybridized carbons (Fsp3) is 0.0714. The van der Waals surface area contributed by atoms with E-state index in [4.69, 9.17) is 5.26 Å². The van der Waals surface area contributed by atoms with Gasteiger partial charge in [0.05, 0.1) is 22.6 Å². The predicted molar refractivity (Wildman–Crippen MR) is 71.5 cm³/mol. The van der Waals surface area contributed by atoms with Crippen molar-refractivity contribution in [3.63, 3.8) is 0 Å². The zero-order chi connectivity index (χ0) is 14.5. The van der Waals surface area contributed by atoms with Crippen molar-refractivity contribution in [2.24, 2.45) is 0 Å². The highest BCUT2D eigenvalue weighted by atomic mass is 19.1. The highest BCUT2D eigenvalue weighted by molar-refractivity contribution is 5.52. The van der Waals surface area contributed by atoms with Crippen LogP contribution in [-0.4, -0.2) is 4.92 Å². The summed E-state index contributed by atoms with van der Waals surface area (Å²) in [5.74, 6) is -0.685. The number of non-ortho nitro benzene ring substituents is 1. The van der Waals surface area contributed by atoms with Gasteiger partial charge in [0.15, 0.2) is 0 Å². The number of anilines is 1. The third kappa shape index (κ3) is 3.09. The van der Waals surface area contributed by atoms with Gasteiger partial charge in [-0.15, -0.1) is 0 Å². The maximum absolute atomic E-state index is 13.3. The molecular formula is C14H10FN3O2. The molecule has 0 saturated carbocycles. The minimum absolute atomic E-state index is 0.282. The summed E-state index contributed by atoms with van der Waals surface area (Å²) in [7, 11) is 0. The maximum atomic E-state index is 13.3. The summed E-state index contributed by atoms with van der Waals surface area (Å²) in [5.41, 5.74) is 1.22. The summed E-state index contributed by atoms with van der Waals surface area (Å²) < 4.78 is 13.3. The largest absolute Gasteiger partial charge is 0.381 e. The van der Waals surface area contributed by atoms with E-state index in [9.17, 15) is 14.5 Å². The van der Waals surface area contributed by atoms with Gasteiger partial charge in [-0.05, 0) is 17.7 Å². The summed E-state index contributed by atoms with van der Waals surface area (Å²) in [4.78, 5) is 9.99. The number of hydrogen-bond donors (Lipinski definition) is 1. The Hall–Kier alpha value is -2.94. The van der Waals surface area contributed by atoms with Gasteiger partial charge in [-0.2, -0.15) is 5.26 Å². The Bertz CT molecular complexity index is 695. The molecule has 20 heavy (non-hydrogen) atoms. The van der Waals surface area contributed by atoms with Crippen molar-refractivity contribution in [2.45, 2.75) is 6.54 Å². The third-order valence-electron chi connectivity index (χ3n) is 2.71. The fourth-order valence-corrected chi connectivity index (χ4v) is 1.76. The zero-order valence-electron chi connectivity index (χ0n) is 10.3. The van der Waals surface area contributed by atoms with E-state index in [0.717, 1.165) is 11.6 Å². The average Bonchev–Trinajstić information content (AvgIpc) is 2.44. The minimum atomic E-state index is -0.685. The van der Waals surface area contributed by atoms with Crippen LogP contribution in [0, 0.1) is 27.3 Å². The molecule has 2 rings (SSSR count). The standard InChI is InChI=1S/C14H10FN3O2/c15-12-5-13(7-14(6-12)18(19)20)17-9-11-4-2-1-3-10(11)8-16/h1-7,17H,9H2. The van der Waals surface area contributed by atoms with Crippen molar-refractivity contribution in [1.29, 1.82) is 5.26 Å². The summed E-state index contributed by atoms with van der Waals surface area (Å²) in [6.07, 6.45) is 0. The molecule has 0 bridgehead atoms. The second-order valence-corrected chi connectivity index (χ2v) is 4.08. The third-order valence-corrected chi connectivity index (χ3v) is 2.71. The number of hydrogen-bond acceptors (Lipinski definition) is 4. The van der Waals surface area contributed by atoms with E-state index in [1.807, 2.05) is 0 Å². The summed E-state index contributed by atoms with van der Waals surface area (Å²) in [6, 6.07) is 12.3. The van der Waals surface area contributed by atoms with E-state index in [1.165, 1.54) is 12.1 Å². The fourth-order valence-electron chi connectivity index (χ4n) is 1.76. The zero-order valence-corrected chi connectivity index (χ0v) is 10.3. The average molecular weight is 271 g/mol. The van der Waals surface area contributed by atoms with Crippen molar-refractivity contribution in [3.05, 3.63) is 69.5 Å². The molecule has 0 unspecified atom stereocenters. The number of nitro groups is 1. The molecule has 0 radical (unpaired) electrons. The number of nitrogens with one attached hydrogen (secondary N) is 1. The minimum Gasteiger partial charge on any atom is -0.381 e. The summed E-state index contributed by atoms with van der Waals surface area (Å²) >= 11 is 0. The van der Waals surface area contributed by atoms with Crippen molar-refractivity contribution in [3.8, 4) is 6.07 Å².